The first-order chi connectivity index (χ1) is 17.6. The Morgan fingerprint density at radius 3 is 2.61 bits per heavy atom. The van der Waals surface area contributed by atoms with Gasteiger partial charge in [-0.15, -0.1) is 5.10 Å². The zero-order valence-corrected chi connectivity index (χ0v) is 20.1. The minimum atomic E-state index is -0.844. The zero-order chi connectivity index (χ0) is 24.6. The van der Waals surface area contributed by atoms with Crippen molar-refractivity contribution < 1.29 is 28.5 Å². The Balaban J connectivity index is 1.30. The van der Waals surface area contributed by atoms with Crippen molar-refractivity contribution in [3.63, 3.8) is 0 Å². The molecule has 1 saturated carbocycles. The number of morpholine rings is 1. The molecule has 0 amide bonds. The summed E-state index contributed by atoms with van der Waals surface area (Å²) in [4.78, 5) is 2.32. The van der Waals surface area contributed by atoms with Gasteiger partial charge < -0.3 is 34.2 Å². The fourth-order valence-electron chi connectivity index (χ4n) is 5.81. The van der Waals surface area contributed by atoms with Gasteiger partial charge in [-0.05, 0) is 5.56 Å². The lowest BCUT2D eigenvalue weighted by atomic mass is 9.87. The second-order valence-corrected chi connectivity index (χ2v) is 9.38. The van der Waals surface area contributed by atoms with E-state index in [-0.39, 0.29) is 24.0 Å². The molecule has 3 N–H and O–H groups in total. The molecule has 3 aliphatic rings. The number of nitrogens with zero attached hydrogens (tertiary/aromatic N) is 3. The second kappa shape index (κ2) is 9.61. The molecular weight excluding hydrogens is 464 g/mol. The van der Waals surface area contributed by atoms with Gasteiger partial charge in [0.1, 0.15) is 30.0 Å². The molecule has 1 aromatic heterocycles. The lowest BCUT2D eigenvalue weighted by Crippen LogP contribution is -2.38. The Labute approximate surface area is 208 Å². The predicted molar refractivity (Wildman–Crippen MR) is 130 cm³/mol. The molecule has 2 aromatic carbocycles. The van der Waals surface area contributed by atoms with Crippen LogP contribution in [-0.2, 0) is 4.74 Å². The molecule has 10 heteroatoms. The fraction of sp³-hybridized carbons (Fsp3) is 0.462. The number of fused-ring (bicyclic) bond motifs is 3. The van der Waals surface area contributed by atoms with Gasteiger partial charge in [-0.3, -0.25) is 4.90 Å². The fourth-order valence-corrected chi connectivity index (χ4v) is 5.81. The third-order valence-electron chi connectivity index (χ3n) is 7.43. The van der Waals surface area contributed by atoms with Crippen molar-refractivity contribution in [1.29, 1.82) is 0 Å². The second-order valence-electron chi connectivity index (χ2n) is 9.38. The van der Waals surface area contributed by atoms with Gasteiger partial charge >= 0.3 is 6.01 Å². The molecule has 3 heterocycles. The largest absolute Gasteiger partial charge is 0.496 e. The van der Waals surface area contributed by atoms with E-state index in [1.54, 1.807) is 7.11 Å². The van der Waals surface area contributed by atoms with Crippen molar-refractivity contribution in [1.82, 2.24) is 15.1 Å². The molecule has 2 aliphatic heterocycles. The van der Waals surface area contributed by atoms with Gasteiger partial charge in [0.25, 0.3) is 0 Å². The van der Waals surface area contributed by atoms with E-state index in [1.807, 2.05) is 42.5 Å². The van der Waals surface area contributed by atoms with E-state index in [9.17, 15) is 5.11 Å². The maximum atomic E-state index is 11.6. The minimum Gasteiger partial charge on any atom is -0.496 e. The Morgan fingerprint density at radius 1 is 1.08 bits per heavy atom. The zero-order valence-electron chi connectivity index (χ0n) is 20.1. The number of benzene rings is 2. The summed E-state index contributed by atoms with van der Waals surface area (Å²) in [6.45, 7) is 4.70. The highest BCUT2D eigenvalue weighted by Gasteiger charge is 2.59. The van der Waals surface area contributed by atoms with Crippen LogP contribution in [0.2, 0.25) is 0 Å². The molecule has 190 valence electrons. The van der Waals surface area contributed by atoms with Gasteiger partial charge in [0.05, 0.1) is 38.3 Å². The van der Waals surface area contributed by atoms with Crippen molar-refractivity contribution in [2.45, 2.75) is 30.0 Å². The number of rotatable bonds is 7. The van der Waals surface area contributed by atoms with Crippen LogP contribution in [0.5, 0.6) is 17.2 Å². The number of aromatic nitrogens is 2. The van der Waals surface area contributed by atoms with Crippen molar-refractivity contribution in [2.24, 2.45) is 0 Å². The number of aliphatic hydroxyl groups excluding tert-OH is 1. The predicted octanol–water partition coefficient (Wildman–Crippen LogP) is 2.16. The Hall–Kier alpha value is -3.34. The monoisotopic (exact) mass is 494 g/mol. The van der Waals surface area contributed by atoms with Crippen LogP contribution in [0.15, 0.2) is 46.9 Å². The molecule has 5 atom stereocenters. The highest BCUT2D eigenvalue weighted by atomic mass is 16.5. The SMILES string of the molecule is COc1cc(OCCN2CCOCC2)cc2c1C1C(O)C(c3nnc(N)o3)[C@@H](c3ccccc3)C1O2. The lowest BCUT2D eigenvalue weighted by Gasteiger charge is -2.26. The summed E-state index contributed by atoms with van der Waals surface area (Å²) in [6, 6.07) is 13.7. The average Bonchev–Trinajstić information content (AvgIpc) is 3.57. The molecule has 1 saturated heterocycles. The molecular formula is C26H30N4O6. The highest BCUT2D eigenvalue weighted by Crippen LogP contribution is 2.60. The summed E-state index contributed by atoms with van der Waals surface area (Å²) in [7, 11) is 1.62. The lowest BCUT2D eigenvalue weighted by molar-refractivity contribution is 0.0322. The normalized spacial score (nSPS) is 27.3. The van der Waals surface area contributed by atoms with Crippen LogP contribution in [0.4, 0.5) is 6.01 Å². The van der Waals surface area contributed by atoms with Crippen LogP contribution >= 0.6 is 0 Å². The van der Waals surface area contributed by atoms with E-state index in [4.69, 9.17) is 29.1 Å². The highest BCUT2D eigenvalue weighted by molar-refractivity contribution is 5.58. The number of ether oxygens (including phenoxy) is 4. The third-order valence-corrected chi connectivity index (χ3v) is 7.43. The van der Waals surface area contributed by atoms with Crippen LogP contribution in [-0.4, -0.2) is 79.0 Å². The summed E-state index contributed by atoms with van der Waals surface area (Å²) >= 11 is 0. The van der Waals surface area contributed by atoms with Gasteiger partial charge in [0.15, 0.2) is 0 Å². The van der Waals surface area contributed by atoms with E-state index < -0.39 is 12.0 Å². The average molecular weight is 495 g/mol. The van der Waals surface area contributed by atoms with Gasteiger partial charge in [-0.2, -0.15) is 0 Å². The number of hydrogen-bond acceptors (Lipinski definition) is 10. The van der Waals surface area contributed by atoms with Crippen LogP contribution in [0.1, 0.15) is 34.8 Å². The summed E-state index contributed by atoms with van der Waals surface area (Å²) < 4.78 is 29.4. The first-order valence-electron chi connectivity index (χ1n) is 12.3. The van der Waals surface area contributed by atoms with Gasteiger partial charge in [0.2, 0.25) is 5.89 Å². The molecule has 6 rings (SSSR count). The van der Waals surface area contributed by atoms with E-state index in [0.29, 0.717) is 29.7 Å². The molecule has 1 aliphatic carbocycles. The van der Waals surface area contributed by atoms with Gasteiger partial charge in [-0.25, -0.2) is 0 Å². The maximum Gasteiger partial charge on any atom is 0.312 e. The molecule has 0 bridgehead atoms. The molecule has 0 spiro atoms. The molecule has 2 fully saturated rings. The van der Waals surface area contributed by atoms with Gasteiger partial charge in [0, 0.05) is 43.2 Å². The quantitative estimate of drug-likeness (QED) is 0.505. The van der Waals surface area contributed by atoms with Crippen molar-refractivity contribution in [2.75, 3.05) is 52.3 Å². The van der Waals surface area contributed by atoms with E-state index in [2.05, 4.69) is 15.1 Å². The molecule has 4 unspecified atom stereocenters. The molecule has 3 aromatic rings. The maximum absolute atomic E-state index is 11.6. The Morgan fingerprint density at radius 2 is 1.89 bits per heavy atom. The Bertz CT molecular complexity index is 1200. The van der Waals surface area contributed by atoms with Crippen molar-refractivity contribution in [3.05, 3.63) is 59.5 Å². The summed E-state index contributed by atoms with van der Waals surface area (Å²) in [5.41, 5.74) is 7.56. The number of nitrogens with two attached hydrogens (primary N) is 1. The number of hydrogen-bond donors (Lipinski definition) is 2. The summed E-state index contributed by atoms with van der Waals surface area (Å²) in [5.74, 6) is 1.21. The molecule has 10 nitrogen and oxygen atoms in total. The Kier molecular flexibility index (Phi) is 6.16. The van der Waals surface area contributed by atoms with Crippen LogP contribution in [0.3, 0.4) is 0 Å². The number of nitrogen functional groups attached to an aromatic ring is 1. The van der Waals surface area contributed by atoms with Crippen molar-refractivity contribution in [3.8, 4) is 17.2 Å². The van der Waals surface area contributed by atoms with Crippen LogP contribution in [0.25, 0.3) is 0 Å². The van der Waals surface area contributed by atoms with Crippen molar-refractivity contribution >= 4 is 6.01 Å². The molecule has 0 radical (unpaired) electrons. The summed E-state index contributed by atoms with van der Waals surface area (Å²) in [5, 5.41) is 19.6. The first kappa shape index (κ1) is 23.1. The third kappa shape index (κ3) is 4.04. The van der Waals surface area contributed by atoms with E-state index in [1.165, 1.54) is 0 Å². The number of anilines is 1. The minimum absolute atomic E-state index is 0.0289. The topological polar surface area (TPSA) is 125 Å². The number of aliphatic hydroxyl groups is 1. The molecule has 36 heavy (non-hydrogen) atoms. The van der Waals surface area contributed by atoms with E-state index >= 15 is 0 Å². The summed E-state index contributed by atoms with van der Waals surface area (Å²) in [6.07, 6.45) is -1.20. The first-order valence-corrected chi connectivity index (χ1v) is 12.3. The van der Waals surface area contributed by atoms with Crippen LogP contribution in [0, 0.1) is 0 Å². The van der Waals surface area contributed by atoms with E-state index in [0.717, 1.165) is 44.0 Å². The van der Waals surface area contributed by atoms with Gasteiger partial charge in [-0.1, -0.05) is 35.4 Å². The van der Waals surface area contributed by atoms with Crippen LogP contribution < -0.4 is 19.9 Å². The smallest absolute Gasteiger partial charge is 0.312 e. The standard InChI is InChI=1S/C26H30N4O6/c1-32-17-13-16(34-12-9-30-7-10-33-11-8-30)14-18-20(17)21-23(31)22(25-28-29-26(27)36-25)19(24(21)35-18)15-5-3-2-4-6-15/h2-6,13-14,19,21-24,31H,7-12H2,1H3,(H2,27,29)/t19-,21?,22?,23?,24?/m1/s1. The number of methoxy groups -OCH3 is 1.